The molecule has 5 rings (SSSR count). The van der Waals surface area contributed by atoms with Gasteiger partial charge in [0.1, 0.15) is 0 Å². The highest BCUT2D eigenvalue weighted by Crippen LogP contribution is 2.50. The van der Waals surface area contributed by atoms with Crippen molar-refractivity contribution in [1.82, 2.24) is 10.6 Å². The zero-order valence-electron chi connectivity index (χ0n) is 20.0. The number of piperidine rings is 2. The largest absolute Gasteiger partial charge is 0.312 e. The van der Waals surface area contributed by atoms with Crippen molar-refractivity contribution in [2.24, 2.45) is 35.5 Å². The quantitative estimate of drug-likeness (QED) is 0.179. The van der Waals surface area contributed by atoms with E-state index in [0.29, 0.717) is 47.9 Å². The van der Waals surface area contributed by atoms with Gasteiger partial charge in [-0.05, 0) is 126 Å². The molecular weight excluding hydrogens is 476 g/mol. The molecule has 196 valence electrons. The summed E-state index contributed by atoms with van der Waals surface area (Å²) in [5.41, 5.74) is 0. The van der Waals surface area contributed by atoms with Crippen LogP contribution in [0.1, 0.15) is 77.0 Å². The van der Waals surface area contributed by atoms with E-state index in [-0.39, 0.29) is 0 Å². The first-order chi connectivity index (χ1) is 16.5. The van der Waals surface area contributed by atoms with Crippen LogP contribution in [0.5, 0.6) is 0 Å². The molecule has 3 aliphatic carbocycles. The smallest absolute Gasteiger partial charge is 0.267 e. The van der Waals surface area contributed by atoms with Crippen molar-refractivity contribution in [3.8, 4) is 0 Å². The predicted molar refractivity (Wildman–Crippen MR) is 131 cm³/mol. The highest BCUT2D eigenvalue weighted by Gasteiger charge is 2.50. The molecule has 2 aliphatic heterocycles. The highest BCUT2D eigenvalue weighted by molar-refractivity contribution is 7.95. The Hall–Kier alpha value is 0.0600. The zero-order valence-corrected chi connectivity index (χ0v) is 21.6. The molecule has 4 N–H and O–H groups in total. The van der Waals surface area contributed by atoms with Crippen molar-refractivity contribution in [3.05, 3.63) is 0 Å². The third-order valence-corrected chi connectivity index (χ3v) is 12.4. The van der Waals surface area contributed by atoms with Crippen molar-refractivity contribution in [2.45, 2.75) is 99.6 Å². The normalized spacial score (nSPS) is 45.8. The van der Waals surface area contributed by atoms with Crippen LogP contribution in [0.4, 0.5) is 0 Å². The molecule has 0 bridgehead atoms. The minimum atomic E-state index is -3.89. The maximum Gasteiger partial charge on any atom is 0.267 e. The van der Waals surface area contributed by atoms with Crippen LogP contribution < -0.4 is 10.6 Å². The van der Waals surface area contributed by atoms with Gasteiger partial charge in [0.2, 0.25) is 0 Å². The van der Waals surface area contributed by atoms with Crippen molar-refractivity contribution in [1.29, 1.82) is 0 Å². The average molecular weight is 519 g/mol. The number of hydrogen-bond donors (Lipinski definition) is 4. The van der Waals surface area contributed by atoms with Crippen LogP contribution in [0.3, 0.4) is 0 Å². The standard InChI is InChI=1S/C24H42N2O6S2/c27-31-32-33-17-5-1-15(2-6-17)19-11-13-25-23-21(19)9-10-22-20(12-14-26-24(22)23)16-3-7-18(8-4-16)34(28,29)30/h15-27H,1-14H2,(H,28,29,30). The van der Waals surface area contributed by atoms with Crippen molar-refractivity contribution in [3.63, 3.8) is 0 Å². The molecule has 6 unspecified atom stereocenters. The summed E-state index contributed by atoms with van der Waals surface area (Å²) >= 11 is 1.26. The van der Waals surface area contributed by atoms with Crippen LogP contribution in [0.25, 0.3) is 0 Å². The molecule has 0 radical (unpaired) electrons. The third kappa shape index (κ3) is 5.49. The molecule has 2 heterocycles. The Balaban J connectivity index is 1.20. The first kappa shape index (κ1) is 25.7. The van der Waals surface area contributed by atoms with E-state index in [0.717, 1.165) is 56.5 Å². The molecule has 10 heteroatoms. The van der Waals surface area contributed by atoms with Gasteiger partial charge in [-0.3, -0.25) is 4.55 Å². The average Bonchev–Trinajstić information content (AvgIpc) is 2.86. The Morgan fingerprint density at radius 1 is 0.676 bits per heavy atom. The Morgan fingerprint density at radius 2 is 1.18 bits per heavy atom. The van der Waals surface area contributed by atoms with Crippen molar-refractivity contribution < 1.29 is 27.6 Å². The Bertz CT molecular complexity index is 769. The third-order valence-electron chi connectivity index (χ3n) is 10.2. The van der Waals surface area contributed by atoms with Gasteiger partial charge in [0.05, 0.1) is 5.25 Å². The summed E-state index contributed by atoms with van der Waals surface area (Å²) < 4.78 is 37.4. The summed E-state index contributed by atoms with van der Waals surface area (Å²) in [5, 5.41) is 19.9. The maximum absolute atomic E-state index is 11.6. The topological polar surface area (TPSA) is 117 Å². The summed E-state index contributed by atoms with van der Waals surface area (Å²) in [5.74, 6) is 4.27. The Labute approximate surface area is 208 Å². The summed E-state index contributed by atoms with van der Waals surface area (Å²) in [7, 11) is -3.89. The lowest BCUT2D eigenvalue weighted by Gasteiger charge is -2.56. The van der Waals surface area contributed by atoms with E-state index in [1.165, 1.54) is 50.6 Å². The number of hydrogen-bond acceptors (Lipinski definition) is 8. The first-order valence-corrected chi connectivity index (χ1v) is 15.8. The minimum absolute atomic E-state index is 0.410. The Kier molecular flexibility index (Phi) is 8.47. The van der Waals surface area contributed by atoms with Crippen LogP contribution in [-0.4, -0.2) is 53.9 Å². The summed E-state index contributed by atoms with van der Waals surface area (Å²) in [6.45, 7) is 2.17. The molecule has 5 fully saturated rings. The van der Waals surface area contributed by atoms with Gasteiger partial charge >= 0.3 is 0 Å². The summed E-state index contributed by atoms with van der Waals surface area (Å²) in [6, 6.07) is 1.08. The van der Waals surface area contributed by atoms with Gasteiger partial charge in [-0.1, -0.05) is 5.04 Å². The van der Waals surface area contributed by atoms with Gasteiger partial charge in [0.15, 0.2) is 0 Å². The lowest BCUT2D eigenvalue weighted by Crippen LogP contribution is -2.66. The molecule has 0 spiro atoms. The fourth-order valence-electron chi connectivity index (χ4n) is 8.73. The van der Waals surface area contributed by atoms with Gasteiger partial charge in [0, 0.05) is 29.4 Å². The summed E-state index contributed by atoms with van der Waals surface area (Å²) in [6.07, 6.45) is 12.9. The van der Waals surface area contributed by atoms with E-state index in [9.17, 15) is 13.0 Å². The number of fused-ring (bicyclic) bond motifs is 3. The lowest BCUT2D eigenvalue weighted by atomic mass is 9.57. The van der Waals surface area contributed by atoms with E-state index in [1.54, 1.807) is 0 Å². The van der Waals surface area contributed by atoms with E-state index < -0.39 is 15.4 Å². The lowest BCUT2D eigenvalue weighted by molar-refractivity contribution is -0.432. The molecule has 0 aromatic carbocycles. The molecule has 0 amide bonds. The molecule has 3 saturated carbocycles. The van der Waals surface area contributed by atoms with Crippen LogP contribution >= 0.6 is 12.0 Å². The summed E-state index contributed by atoms with van der Waals surface area (Å²) in [4.78, 5) is 0. The zero-order chi connectivity index (χ0) is 23.7. The van der Waals surface area contributed by atoms with E-state index >= 15 is 0 Å². The van der Waals surface area contributed by atoms with Gasteiger partial charge in [0.25, 0.3) is 10.1 Å². The second-order valence-corrected chi connectivity index (χ2v) is 14.3. The van der Waals surface area contributed by atoms with Crippen LogP contribution in [0.15, 0.2) is 0 Å². The molecule has 34 heavy (non-hydrogen) atoms. The Morgan fingerprint density at radius 3 is 1.65 bits per heavy atom. The minimum Gasteiger partial charge on any atom is -0.312 e. The fraction of sp³-hybridized carbons (Fsp3) is 1.00. The second kappa shape index (κ2) is 11.2. The SMILES string of the molecule is O=S(=O)(O)C1CCC(C2CCNC3C2CCC2C(C4CCC(SOOO)CC4)CCNC23)CC1. The molecule has 8 nitrogen and oxygen atoms in total. The first-order valence-electron chi connectivity index (χ1n) is 13.5. The maximum atomic E-state index is 11.6. The van der Waals surface area contributed by atoms with Crippen LogP contribution in [0.2, 0.25) is 0 Å². The van der Waals surface area contributed by atoms with E-state index in [1.807, 2.05) is 0 Å². The predicted octanol–water partition coefficient (Wildman–Crippen LogP) is 4.04. The fourth-order valence-corrected chi connectivity index (χ4v) is 10.2. The number of nitrogens with one attached hydrogen (secondary N) is 2. The van der Waals surface area contributed by atoms with Gasteiger partial charge in [-0.25, -0.2) is 5.26 Å². The van der Waals surface area contributed by atoms with Crippen LogP contribution in [-0.2, 0) is 19.5 Å². The molecule has 0 aromatic rings. The highest BCUT2D eigenvalue weighted by atomic mass is 32.2. The van der Waals surface area contributed by atoms with Gasteiger partial charge in [-0.15, -0.1) is 4.33 Å². The number of rotatable bonds is 6. The van der Waals surface area contributed by atoms with Gasteiger partial charge in [-0.2, -0.15) is 8.42 Å². The van der Waals surface area contributed by atoms with E-state index in [4.69, 9.17) is 9.59 Å². The van der Waals surface area contributed by atoms with Crippen molar-refractivity contribution in [2.75, 3.05) is 13.1 Å². The molecule has 0 aromatic heterocycles. The second-order valence-electron chi connectivity index (χ2n) is 11.6. The van der Waals surface area contributed by atoms with Gasteiger partial charge < -0.3 is 10.6 Å². The van der Waals surface area contributed by atoms with Crippen molar-refractivity contribution >= 4 is 22.2 Å². The molecule has 2 saturated heterocycles. The molecule has 5 aliphatic rings. The monoisotopic (exact) mass is 518 g/mol. The van der Waals surface area contributed by atoms with E-state index in [2.05, 4.69) is 15.7 Å². The molecular formula is C24H42N2O6S2. The molecule has 6 atom stereocenters. The van der Waals surface area contributed by atoms with Crippen LogP contribution in [0, 0.1) is 35.5 Å².